The molecule has 92 valence electrons. The highest BCUT2D eigenvalue weighted by Crippen LogP contribution is 2.24. The number of aliphatic hydroxyl groups excluding tert-OH is 1. The summed E-state index contributed by atoms with van der Waals surface area (Å²) in [5.41, 5.74) is 0. The van der Waals surface area contributed by atoms with Gasteiger partial charge in [-0.15, -0.1) is 0 Å². The van der Waals surface area contributed by atoms with Crippen molar-refractivity contribution in [2.24, 2.45) is 11.8 Å². The van der Waals surface area contributed by atoms with Crippen molar-refractivity contribution in [1.82, 2.24) is 4.90 Å². The zero-order valence-electron chi connectivity index (χ0n) is 10.1. The summed E-state index contributed by atoms with van der Waals surface area (Å²) in [7, 11) is 1.30. The van der Waals surface area contributed by atoms with Crippen molar-refractivity contribution in [2.45, 2.75) is 32.9 Å². The molecule has 0 spiro atoms. The number of likely N-dealkylation sites (tertiary alicyclic amines) is 1. The summed E-state index contributed by atoms with van der Waals surface area (Å²) < 4.78 is 4.69. The molecule has 16 heavy (non-hydrogen) atoms. The first-order chi connectivity index (χ1) is 7.40. The first-order valence-corrected chi connectivity index (χ1v) is 5.46. The Bertz CT molecular complexity index is 290. The largest absolute Gasteiger partial charge is 0.467 e. The van der Waals surface area contributed by atoms with Crippen LogP contribution in [0.3, 0.4) is 0 Å². The monoisotopic (exact) mass is 229 g/mol. The van der Waals surface area contributed by atoms with Crippen molar-refractivity contribution in [2.75, 3.05) is 13.7 Å². The lowest BCUT2D eigenvalue weighted by Crippen LogP contribution is -2.46. The van der Waals surface area contributed by atoms with Gasteiger partial charge in [-0.2, -0.15) is 0 Å². The van der Waals surface area contributed by atoms with E-state index in [1.54, 1.807) is 6.92 Å². The molecule has 1 rings (SSSR count). The number of methoxy groups -OCH3 is 1. The Kier molecular flexibility index (Phi) is 3.91. The molecule has 0 unspecified atom stereocenters. The molecular formula is C11H19NO4. The van der Waals surface area contributed by atoms with Gasteiger partial charge in [-0.1, -0.05) is 20.8 Å². The summed E-state index contributed by atoms with van der Waals surface area (Å²) in [6.45, 7) is 5.58. The maximum absolute atomic E-state index is 11.8. The Morgan fingerprint density at radius 3 is 2.44 bits per heavy atom. The highest BCUT2D eigenvalue weighted by Gasteiger charge is 2.43. The molecule has 0 bridgehead atoms. The normalized spacial score (nSPS) is 27.4. The number of aliphatic hydroxyl groups is 1. The van der Waals surface area contributed by atoms with Gasteiger partial charge in [-0.05, 0) is 5.92 Å². The van der Waals surface area contributed by atoms with E-state index in [0.717, 1.165) is 0 Å². The predicted octanol–water partition coefficient (Wildman–Crippen LogP) is 0.0232. The average Bonchev–Trinajstić information content (AvgIpc) is 2.46. The molecule has 1 N–H and O–H groups in total. The smallest absolute Gasteiger partial charge is 0.328 e. The van der Waals surface area contributed by atoms with Crippen LogP contribution in [0.15, 0.2) is 0 Å². The van der Waals surface area contributed by atoms with Gasteiger partial charge in [0.25, 0.3) is 0 Å². The van der Waals surface area contributed by atoms with E-state index in [0.29, 0.717) is 0 Å². The first-order valence-electron chi connectivity index (χ1n) is 5.46. The predicted molar refractivity (Wildman–Crippen MR) is 57.5 cm³/mol. The summed E-state index contributed by atoms with van der Waals surface area (Å²) in [5, 5.41) is 9.61. The molecular weight excluding hydrogens is 210 g/mol. The molecule has 5 heteroatoms. The molecule has 1 heterocycles. The molecule has 0 aromatic heterocycles. The number of nitrogens with zero attached hydrogens (tertiary/aromatic N) is 1. The number of ether oxygens (including phenoxy) is 1. The number of esters is 1. The molecule has 1 fully saturated rings. The molecule has 3 atom stereocenters. The molecule has 0 aliphatic carbocycles. The van der Waals surface area contributed by atoms with E-state index in [-0.39, 0.29) is 18.4 Å². The topological polar surface area (TPSA) is 66.8 Å². The van der Waals surface area contributed by atoms with Crippen LogP contribution in [0.4, 0.5) is 0 Å². The van der Waals surface area contributed by atoms with Gasteiger partial charge in [0, 0.05) is 6.54 Å². The summed E-state index contributed by atoms with van der Waals surface area (Å²) in [6.07, 6.45) is -0.696. The first kappa shape index (κ1) is 13.0. The molecule has 1 aliphatic rings. The van der Waals surface area contributed by atoms with E-state index in [4.69, 9.17) is 4.74 Å². The van der Waals surface area contributed by atoms with Crippen LogP contribution in [0.25, 0.3) is 0 Å². The molecule has 0 radical (unpaired) electrons. The minimum atomic E-state index is -0.696. The van der Waals surface area contributed by atoms with Gasteiger partial charge < -0.3 is 14.7 Å². The van der Waals surface area contributed by atoms with Crippen molar-refractivity contribution in [3.63, 3.8) is 0 Å². The quantitative estimate of drug-likeness (QED) is 0.693. The van der Waals surface area contributed by atoms with Gasteiger partial charge in [0.1, 0.15) is 6.04 Å². The SMILES string of the molecule is COC(=O)[C@H](C(C)C)N1C[C@H](O)[C@H](C)C1=O. The van der Waals surface area contributed by atoms with Crippen LogP contribution in [-0.2, 0) is 14.3 Å². The Labute approximate surface area is 95.4 Å². The Morgan fingerprint density at radius 1 is 1.56 bits per heavy atom. The van der Waals surface area contributed by atoms with Crippen LogP contribution in [0.1, 0.15) is 20.8 Å². The number of amides is 1. The van der Waals surface area contributed by atoms with Gasteiger partial charge >= 0.3 is 5.97 Å². The third kappa shape index (κ3) is 2.19. The lowest BCUT2D eigenvalue weighted by molar-refractivity contribution is -0.153. The summed E-state index contributed by atoms with van der Waals surface area (Å²) in [6, 6.07) is -0.600. The Balaban J connectivity index is 2.89. The van der Waals surface area contributed by atoms with E-state index in [1.807, 2.05) is 13.8 Å². The number of hydrogen-bond acceptors (Lipinski definition) is 4. The van der Waals surface area contributed by atoms with Gasteiger partial charge in [0.2, 0.25) is 5.91 Å². The number of rotatable bonds is 3. The molecule has 1 amide bonds. The zero-order valence-corrected chi connectivity index (χ0v) is 10.1. The van der Waals surface area contributed by atoms with Crippen molar-refractivity contribution in [3.05, 3.63) is 0 Å². The maximum atomic E-state index is 11.8. The van der Waals surface area contributed by atoms with Gasteiger partial charge in [-0.25, -0.2) is 4.79 Å². The second-order valence-corrected chi connectivity index (χ2v) is 4.56. The highest BCUT2D eigenvalue weighted by atomic mass is 16.5. The third-order valence-electron chi connectivity index (χ3n) is 3.04. The fraction of sp³-hybridized carbons (Fsp3) is 0.818. The molecule has 5 nitrogen and oxygen atoms in total. The minimum Gasteiger partial charge on any atom is -0.467 e. The Morgan fingerprint density at radius 2 is 2.12 bits per heavy atom. The summed E-state index contributed by atoms with van der Waals surface area (Å²) in [4.78, 5) is 24.9. The number of carbonyl (C=O) groups excluding carboxylic acids is 2. The summed E-state index contributed by atoms with van der Waals surface area (Å²) in [5.74, 6) is -1.08. The van der Waals surface area contributed by atoms with Crippen molar-refractivity contribution in [1.29, 1.82) is 0 Å². The standard InChI is InChI=1S/C11H19NO4/c1-6(2)9(11(15)16-4)12-5-8(13)7(3)10(12)14/h6-9,13H,5H2,1-4H3/t7-,8-,9-/m0/s1. The van der Waals surface area contributed by atoms with Crippen molar-refractivity contribution < 1.29 is 19.4 Å². The second-order valence-electron chi connectivity index (χ2n) is 4.56. The van der Waals surface area contributed by atoms with Gasteiger partial charge in [-0.3, -0.25) is 4.79 Å². The average molecular weight is 229 g/mol. The highest BCUT2D eigenvalue weighted by molar-refractivity contribution is 5.87. The molecule has 1 saturated heterocycles. The fourth-order valence-corrected chi connectivity index (χ4v) is 2.01. The minimum absolute atomic E-state index is 0.0334. The van der Waals surface area contributed by atoms with Crippen LogP contribution < -0.4 is 0 Å². The van der Waals surface area contributed by atoms with Crippen LogP contribution in [0, 0.1) is 11.8 Å². The molecule has 0 aromatic rings. The molecule has 0 aromatic carbocycles. The van der Waals surface area contributed by atoms with Crippen molar-refractivity contribution >= 4 is 11.9 Å². The lowest BCUT2D eigenvalue weighted by Gasteiger charge is -2.28. The lowest BCUT2D eigenvalue weighted by atomic mass is 10.0. The zero-order chi connectivity index (χ0) is 12.5. The number of hydrogen-bond donors (Lipinski definition) is 1. The van der Waals surface area contributed by atoms with E-state index in [9.17, 15) is 14.7 Å². The van der Waals surface area contributed by atoms with Crippen LogP contribution in [-0.4, -0.2) is 47.7 Å². The third-order valence-corrected chi connectivity index (χ3v) is 3.04. The van der Waals surface area contributed by atoms with Gasteiger partial charge in [0.15, 0.2) is 0 Å². The van der Waals surface area contributed by atoms with Crippen molar-refractivity contribution in [3.8, 4) is 0 Å². The maximum Gasteiger partial charge on any atom is 0.328 e. The number of β-amino-alcohol motifs (C(OH)–C–C–N with tert-alkyl or cyclic N) is 1. The summed E-state index contributed by atoms with van der Waals surface area (Å²) >= 11 is 0. The van der Waals surface area contributed by atoms with E-state index >= 15 is 0 Å². The van der Waals surface area contributed by atoms with E-state index in [2.05, 4.69) is 0 Å². The number of carbonyl (C=O) groups is 2. The van der Waals surface area contributed by atoms with E-state index < -0.39 is 24.0 Å². The second kappa shape index (κ2) is 4.82. The van der Waals surface area contributed by atoms with E-state index in [1.165, 1.54) is 12.0 Å². The van der Waals surface area contributed by atoms with Crippen LogP contribution in [0.2, 0.25) is 0 Å². The van der Waals surface area contributed by atoms with Gasteiger partial charge in [0.05, 0.1) is 19.1 Å². The van der Waals surface area contributed by atoms with Crippen LogP contribution >= 0.6 is 0 Å². The Hall–Kier alpha value is -1.10. The molecule has 1 aliphatic heterocycles. The molecule has 0 saturated carbocycles. The van der Waals surface area contributed by atoms with Crippen LogP contribution in [0.5, 0.6) is 0 Å². The fourth-order valence-electron chi connectivity index (χ4n) is 2.01.